The van der Waals surface area contributed by atoms with Crippen molar-refractivity contribution in [2.75, 3.05) is 36.5 Å². The Kier molecular flexibility index (Phi) is 5.97. The first-order chi connectivity index (χ1) is 19.1. The molecule has 0 radical (unpaired) electrons. The lowest BCUT2D eigenvalue weighted by Crippen LogP contribution is -2.48. The van der Waals surface area contributed by atoms with E-state index in [4.69, 9.17) is 30.8 Å². The molecule has 0 saturated carbocycles. The third-order valence-corrected chi connectivity index (χ3v) is 7.98. The van der Waals surface area contributed by atoms with Crippen LogP contribution in [-0.4, -0.2) is 57.3 Å². The fraction of sp³-hybridized carbons (Fsp3) is 0.370. The normalized spacial score (nSPS) is 19.0. The van der Waals surface area contributed by atoms with Gasteiger partial charge in [0, 0.05) is 75.0 Å². The minimum atomic E-state index is -0.700. The summed E-state index contributed by atoms with van der Waals surface area (Å²) in [7, 11) is 0. The number of anilines is 2. The van der Waals surface area contributed by atoms with Crippen molar-refractivity contribution in [1.82, 2.24) is 24.9 Å². The monoisotopic (exact) mass is 547 g/mol. The van der Waals surface area contributed by atoms with Crippen LogP contribution in [0.4, 0.5) is 16.4 Å². The van der Waals surface area contributed by atoms with Gasteiger partial charge in [0.1, 0.15) is 40.7 Å². The molecule has 3 aliphatic heterocycles. The summed E-state index contributed by atoms with van der Waals surface area (Å²) in [6.07, 6.45) is 5.77. The second kappa shape index (κ2) is 9.65. The lowest BCUT2D eigenvalue weighted by molar-refractivity contribution is -0.00853. The average molecular weight is 548 g/mol. The molecule has 200 valence electrons. The number of hydrogen-bond acceptors (Lipinski definition) is 9. The smallest absolute Gasteiger partial charge is 0.413 e. The summed E-state index contributed by atoms with van der Waals surface area (Å²) in [6.45, 7) is 2.76. The minimum absolute atomic E-state index is 0.331. The Balaban J connectivity index is 1.08. The SMILES string of the molecule is O=C1Nc2ncccc2C2(CCN(c3cc(Oc4cc(Cl)c5nc(C6CCOCC6)[nH]c5c4)ncn3)CC2)O1. The number of piperidine rings is 1. The summed E-state index contributed by atoms with van der Waals surface area (Å²) in [4.78, 5) is 35.6. The van der Waals surface area contributed by atoms with Gasteiger partial charge in [-0.3, -0.25) is 5.32 Å². The molecule has 4 aromatic rings. The van der Waals surface area contributed by atoms with Crippen LogP contribution in [0.2, 0.25) is 5.02 Å². The number of aromatic amines is 1. The van der Waals surface area contributed by atoms with Crippen LogP contribution in [-0.2, 0) is 15.1 Å². The second-order valence-electron chi connectivity index (χ2n) is 10.0. The number of amides is 1. The zero-order chi connectivity index (χ0) is 26.4. The minimum Gasteiger partial charge on any atom is -0.439 e. The maximum Gasteiger partial charge on any atom is 0.413 e. The van der Waals surface area contributed by atoms with Gasteiger partial charge in [0.2, 0.25) is 5.88 Å². The van der Waals surface area contributed by atoms with Gasteiger partial charge >= 0.3 is 6.09 Å². The van der Waals surface area contributed by atoms with E-state index in [9.17, 15) is 4.79 Å². The molecule has 2 N–H and O–H groups in total. The standard InChI is InChI=1S/C27H26ClN7O4/c28-19-12-17(13-20-23(19)33-24(32-20)16-3-10-37-11-4-16)38-22-14-21(30-15-31-22)35-8-5-27(6-9-35)18-2-1-7-29-25(18)34-26(36)39-27/h1-2,7,12-16H,3-6,8-11H2,(H,32,33)(H,29,34,36). The van der Waals surface area contributed by atoms with E-state index in [0.717, 1.165) is 54.3 Å². The van der Waals surface area contributed by atoms with Crippen LogP contribution < -0.4 is 15.0 Å². The molecule has 7 rings (SSSR count). The Labute approximate surface area is 228 Å². The highest BCUT2D eigenvalue weighted by Gasteiger charge is 2.45. The van der Waals surface area contributed by atoms with Crippen LogP contribution in [0.5, 0.6) is 11.6 Å². The van der Waals surface area contributed by atoms with Gasteiger partial charge in [0.25, 0.3) is 0 Å². The summed E-state index contributed by atoms with van der Waals surface area (Å²) in [6, 6.07) is 9.27. The number of ether oxygens (including phenoxy) is 3. The van der Waals surface area contributed by atoms with E-state index in [1.165, 1.54) is 6.33 Å². The number of nitrogens with zero attached hydrogens (tertiary/aromatic N) is 5. The third-order valence-electron chi connectivity index (χ3n) is 7.69. The predicted molar refractivity (Wildman–Crippen MR) is 143 cm³/mol. The molecule has 11 nitrogen and oxygen atoms in total. The summed E-state index contributed by atoms with van der Waals surface area (Å²) in [5.74, 6) is 3.52. The summed E-state index contributed by atoms with van der Waals surface area (Å²) in [5.41, 5.74) is 1.75. The Morgan fingerprint density at radius 3 is 2.79 bits per heavy atom. The Morgan fingerprint density at radius 2 is 1.95 bits per heavy atom. The fourth-order valence-electron chi connectivity index (χ4n) is 5.67. The lowest BCUT2D eigenvalue weighted by atomic mass is 9.83. The number of imidazole rings is 1. The first-order valence-corrected chi connectivity index (χ1v) is 13.4. The molecule has 3 aromatic heterocycles. The average Bonchev–Trinajstić information content (AvgIpc) is 3.39. The van der Waals surface area contributed by atoms with Gasteiger partial charge in [0.15, 0.2) is 0 Å². The highest BCUT2D eigenvalue weighted by Crippen LogP contribution is 2.43. The van der Waals surface area contributed by atoms with Crippen molar-refractivity contribution in [1.29, 1.82) is 0 Å². The van der Waals surface area contributed by atoms with Crippen LogP contribution in [0.15, 0.2) is 42.9 Å². The van der Waals surface area contributed by atoms with Crippen molar-refractivity contribution in [3.05, 3.63) is 59.3 Å². The van der Waals surface area contributed by atoms with Crippen molar-refractivity contribution in [2.24, 2.45) is 0 Å². The van der Waals surface area contributed by atoms with Crippen LogP contribution in [0.3, 0.4) is 0 Å². The molecule has 1 aromatic carbocycles. The molecule has 39 heavy (non-hydrogen) atoms. The molecule has 12 heteroatoms. The largest absolute Gasteiger partial charge is 0.439 e. The van der Waals surface area contributed by atoms with Crippen LogP contribution in [0.25, 0.3) is 11.0 Å². The van der Waals surface area contributed by atoms with E-state index >= 15 is 0 Å². The molecule has 0 unspecified atom stereocenters. The summed E-state index contributed by atoms with van der Waals surface area (Å²) in [5, 5.41) is 3.21. The first-order valence-electron chi connectivity index (χ1n) is 13.0. The van der Waals surface area contributed by atoms with Gasteiger partial charge in [-0.05, 0) is 25.0 Å². The Hall–Kier alpha value is -3.96. The third kappa shape index (κ3) is 4.51. The summed E-state index contributed by atoms with van der Waals surface area (Å²) < 4.78 is 17.4. The van der Waals surface area contributed by atoms with Crippen molar-refractivity contribution in [3.63, 3.8) is 0 Å². The quantitative estimate of drug-likeness (QED) is 0.356. The number of carbonyl (C=O) groups excluding carboxylic acids is 1. The molecule has 2 saturated heterocycles. The number of benzene rings is 1. The maximum atomic E-state index is 12.2. The van der Waals surface area contributed by atoms with E-state index in [1.807, 2.05) is 18.2 Å². The fourth-order valence-corrected chi connectivity index (χ4v) is 5.92. The molecular weight excluding hydrogens is 522 g/mol. The van der Waals surface area contributed by atoms with Crippen molar-refractivity contribution < 1.29 is 19.0 Å². The molecule has 0 bridgehead atoms. The number of carbonyl (C=O) groups is 1. The zero-order valence-corrected chi connectivity index (χ0v) is 21.8. The number of halogens is 1. The van der Waals surface area contributed by atoms with E-state index in [2.05, 4.69) is 30.2 Å². The molecule has 0 atom stereocenters. The zero-order valence-electron chi connectivity index (χ0n) is 21.0. The van der Waals surface area contributed by atoms with Crippen LogP contribution in [0.1, 0.15) is 43.0 Å². The molecule has 3 aliphatic rings. The molecule has 6 heterocycles. The number of fused-ring (bicyclic) bond motifs is 3. The van der Waals surface area contributed by atoms with Gasteiger partial charge in [-0.25, -0.2) is 24.7 Å². The number of pyridine rings is 1. The van der Waals surface area contributed by atoms with Gasteiger partial charge in [-0.15, -0.1) is 0 Å². The van der Waals surface area contributed by atoms with E-state index in [0.29, 0.717) is 54.3 Å². The van der Waals surface area contributed by atoms with Crippen LogP contribution >= 0.6 is 11.6 Å². The number of rotatable bonds is 4. The Bertz CT molecular complexity index is 1550. The number of aromatic nitrogens is 5. The van der Waals surface area contributed by atoms with E-state index in [-0.39, 0.29) is 0 Å². The second-order valence-corrected chi connectivity index (χ2v) is 10.4. The highest BCUT2D eigenvalue weighted by atomic mass is 35.5. The Morgan fingerprint density at radius 1 is 1.10 bits per heavy atom. The molecule has 1 spiro atoms. The molecule has 0 aliphatic carbocycles. The van der Waals surface area contributed by atoms with Gasteiger partial charge in [0.05, 0.1) is 10.5 Å². The van der Waals surface area contributed by atoms with Crippen molar-refractivity contribution >= 4 is 40.4 Å². The van der Waals surface area contributed by atoms with Crippen molar-refractivity contribution in [3.8, 4) is 11.6 Å². The first kappa shape index (κ1) is 24.1. The topological polar surface area (TPSA) is 127 Å². The van der Waals surface area contributed by atoms with Gasteiger partial charge in [-0.2, -0.15) is 0 Å². The number of nitrogens with one attached hydrogen (secondary N) is 2. The van der Waals surface area contributed by atoms with E-state index < -0.39 is 11.7 Å². The number of H-pyrrole nitrogens is 1. The van der Waals surface area contributed by atoms with Gasteiger partial charge in [-0.1, -0.05) is 11.6 Å². The molecule has 2 fully saturated rings. The van der Waals surface area contributed by atoms with Crippen molar-refractivity contribution in [2.45, 2.75) is 37.2 Å². The summed E-state index contributed by atoms with van der Waals surface area (Å²) >= 11 is 6.58. The highest BCUT2D eigenvalue weighted by molar-refractivity contribution is 6.35. The van der Waals surface area contributed by atoms with E-state index in [1.54, 1.807) is 18.3 Å². The van der Waals surface area contributed by atoms with Crippen LogP contribution in [0, 0.1) is 0 Å². The lowest BCUT2D eigenvalue weighted by Gasteiger charge is -2.44. The number of hydrogen-bond donors (Lipinski definition) is 2. The van der Waals surface area contributed by atoms with Gasteiger partial charge < -0.3 is 24.1 Å². The predicted octanol–water partition coefficient (Wildman–Crippen LogP) is 5.15. The maximum absolute atomic E-state index is 12.2. The molecule has 1 amide bonds. The molecular formula is C27H26ClN7O4.